The van der Waals surface area contributed by atoms with Crippen LogP contribution in [0.15, 0.2) is 24.4 Å². The lowest BCUT2D eigenvalue weighted by Crippen LogP contribution is -2.48. The molecule has 3 rings (SSSR count). The van der Waals surface area contributed by atoms with Crippen LogP contribution in [0.25, 0.3) is 0 Å². The summed E-state index contributed by atoms with van der Waals surface area (Å²) in [5.41, 5.74) is 0.901. The Labute approximate surface area is 144 Å². The molecule has 2 heterocycles. The first-order chi connectivity index (χ1) is 9.81. The van der Waals surface area contributed by atoms with Crippen molar-refractivity contribution in [1.29, 1.82) is 0 Å². The summed E-state index contributed by atoms with van der Waals surface area (Å²) in [7, 11) is 0. The zero-order valence-corrected chi connectivity index (χ0v) is 14.3. The lowest BCUT2D eigenvalue weighted by atomic mass is 9.67. The Morgan fingerprint density at radius 2 is 2.23 bits per heavy atom. The fourth-order valence-corrected chi connectivity index (χ4v) is 3.72. The minimum atomic E-state index is -0.137. The molecular formula is C16H25Cl2N3O. The van der Waals surface area contributed by atoms with Crippen LogP contribution in [0, 0.1) is 11.3 Å². The Morgan fingerprint density at radius 3 is 3.00 bits per heavy atom. The molecule has 0 unspecified atom stereocenters. The molecule has 0 spiro atoms. The Hall–Kier alpha value is -0.840. The number of hydrogen-bond acceptors (Lipinski definition) is 3. The zero-order valence-electron chi connectivity index (χ0n) is 12.7. The first kappa shape index (κ1) is 19.2. The van der Waals surface area contributed by atoms with Crippen molar-refractivity contribution >= 4 is 30.7 Å². The van der Waals surface area contributed by atoms with Gasteiger partial charge in [-0.2, -0.15) is 0 Å². The Morgan fingerprint density at radius 1 is 1.36 bits per heavy atom. The van der Waals surface area contributed by atoms with E-state index in [-0.39, 0.29) is 36.1 Å². The van der Waals surface area contributed by atoms with Crippen molar-refractivity contribution in [3.05, 3.63) is 30.1 Å². The van der Waals surface area contributed by atoms with Gasteiger partial charge in [-0.25, -0.2) is 0 Å². The average Bonchev–Trinajstić information content (AvgIpc) is 2.93. The molecule has 2 aliphatic rings. The molecule has 124 valence electrons. The predicted octanol–water partition coefficient (Wildman–Crippen LogP) is 2.36. The van der Waals surface area contributed by atoms with Crippen molar-refractivity contribution in [2.24, 2.45) is 11.3 Å². The Bertz CT molecular complexity index is 472. The number of rotatable bonds is 4. The summed E-state index contributed by atoms with van der Waals surface area (Å²) in [6, 6.07) is 5.91. The highest BCUT2D eigenvalue weighted by Crippen LogP contribution is 2.43. The molecule has 1 amide bonds. The lowest BCUT2D eigenvalue weighted by Gasteiger charge is -2.37. The smallest absolute Gasteiger partial charge is 0.227 e. The number of hydrogen-bond donors (Lipinski definition) is 2. The van der Waals surface area contributed by atoms with Gasteiger partial charge in [0.05, 0.1) is 5.41 Å². The third-order valence-electron chi connectivity index (χ3n) is 4.88. The van der Waals surface area contributed by atoms with Crippen LogP contribution in [0.2, 0.25) is 0 Å². The summed E-state index contributed by atoms with van der Waals surface area (Å²) in [6.07, 6.45) is 7.30. The van der Waals surface area contributed by atoms with Gasteiger partial charge in [-0.05, 0) is 37.4 Å². The maximum Gasteiger partial charge on any atom is 0.227 e. The molecule has 2 fully saturated rings. The van der Waals surface area contributed by atoms with Gasteiger partial charge in [0, 0.05) is 31.4 Å². The molecule has 1 aliphatic carbocycles. The van der Waals surface area contributed by atoms with E-state index in [1.54, 1.807) is 6.20 Å². The zero-order chi connectivity index (χ0) is 13.8. The largest absolute Gasteiger partial charge is 0.355 e. The minimum Gasteiger partial charge on any atom is -0.355 e. The summed E-state index contributed by atoms with van der Waals surface area (Å²) in [4.78, 5) is 16.9. The van der Waals surface area contributed by atoms with E-state index in [0.717, 1.165) is 31.6 Å². The summed E-state index contributed by atoms with van der Waals surface area (Å²) in [5.74, 6) is 0.786. The van der Waals surface area contributed by atoms with Gasteiger partial charge in [0.25, 0.3) is 0 Å². The van der Waals surface area contributed by atoms with E-state index >= 15 is 0 Å². The van der Waals surface area contributed by atoms with E-state index in [2.05, 4.69) is 15.6 Å². The SMILES string of the molecule is Cl.Cl.O=C(NCCc1ccccn1)[C@@]12CCCC[C@H]1CNC2. The molecule has 1 saturated carbocycles. The fraction of sp³-hybridized carbons (Fsp3) is 0.625. The van der Waals surface area contributed by atoms with E-state index in [1.165, 1.54) is 19.3 Å². The molecule has 1 aromatic rings. The van der Waals surface area contributed by atoms with Crippen LogP contribution in [-0.2, 0) is 11.2 Å². The summed E-state index contributed by atoms with van der Waals surface area (Å²) in [6.45, 7) is 2.55. The lowest BCUT2D eigenvalue weighted by molar-refractivity contribution is -0.133. The first-order valence-electron chi connectivity index (χ1n) is 7.70. The third-order valence-corrected chi connectivity index (χ3v) is 4.88. The molecule has 1 aliphatic heterocycles. The molecule has 1 aromatic heterocycles. The molecule has 2 atom stereocenters. The molecule has 1 saturated heterocycles. The van der Waals surface area contributed by atoms with Gasteiger partial charge in [0.2, 0.25) is 5.91 Å². The second-order valence-corrected chi connectivity index (χ2v) is 6.06. The van der Waals surface area contributed by atoms with Crippen molar-refractivity contribution in [3.8, 4) is 0 Å². The summed E-state index contributed by atoms with van der Waals surface area (Å²) in [5, 5.41) is 6.57. The van der Waals surface area contributed by atoms with Gasteiger partial charge >= 0.3 is 0 Å². The van der Waals surface area contributed by atoms with Crippen molar-refractivity contribution < 1.29 is 4.79 Å². The number of amides is 1. The van der Waals surface area contributed by atoms with Gasteiger partial charge in [-0.1, -0.05) is 18.9 Å². The summed E-state index contributed by atoms with van der Waals surface area (Å²) >= 11 is 0. The van der Waals surface area contributed by atoms with Crippen LogP contribution in [0.5, 0.6) is 0 Å². The molecule has 0 aromatic carbocycles. The maximum atomic E-state index is 12.6. The van der Waals surface area contributed by atoms with E-state index in [0.29, 0.717) is 12.5 Å². The minimum absolute atomic E-state index is 0. The third kappa shape index (κ3) is 3.92. The molecular weight excluding hydrogens is 321 g/mol. The van der Waals surface area contributed by atoms with Gasteiger partial charge in [0.15, 0.2) is 0 Å². The molecule has 6 heteroatoms. The van der Waals surface area contributed by atoms with E-state index < -0.39 is 0 Å². The second-order valence-electron chi connectivity index (χ2n) is 6.06. The number of aromatic nitrogens is 1. The van der Waals surface area contributed by atoms with E-state index in [9.17, 15) is 4.79 Å². The number of carbonyl (C=O) groups excluding carboxylic acids is 1. The fourth-order valence-electron chi connectivity index (χ4n) is 3.72. The monoisotopic (exact) mass is 345 g/mol. The van der Waals surface area contributed by atoms with Crippen molar-refractivity contribution in [1.82, 2.24) is 15.6 Å². The first-order valence-corrected chi connectivity index (χ1v) is 7.70. The van der Waals surface area contributed by atoms with E-state index in [1.807, 2.05) is 18.2 Å². The van der Waals surface area contributed by atoms with Crippen LogP contribution in [0.4, 0.5) is 0 Å². The number of fused-ring (bicyclic) bond motifs is 1. The molecule has 0 radical (unpaired) electrons. The van der Waals surface area contributed by atoms with Gasteiger partial charge < -0.3 is 10.6 Å². The number of nitrogens with zero attached hydrogens (tertiary/aromatic N) is 1. The van der Waals surface area contributed by atoms with Crippen molar-refractivity contribution in [3.63, 3.8) is 0 Å². The van der Waals surface area contributed by atoms with E-state index in [4.69, 9.17) is 0 Å². The van der Waals surface area contributed by atoms with Gasteiger partial charge in [0.1, 0.15) is 0 Å². The van der Waals surface area contributed by atoms with Crippen LogP contribution < -0.4 is 10.6 Å². The number of pyridine rings is 1. The molecule has 2 N–H and O–H groups in total. The highest BCUT2D eigenvalue weighted by molar-refractivity contribution is 5.85. The van der Waals surface area contributed by atoms with Gasteiger partial charge in [-0.15, -0.1) is 24.8 Å². The van der Waals surface area contributed by atoms with Crippen LogP contribution in [0.1, 0.15) is 31.4 Å². The van der Waals surface area contributed by atoms with Crippen LogP contribution >= 0.6 is 24.8 Å². The van der Waals surface area contributed by atoms with Crippen LogP contribution in [-0.4, -0.2) is 30.5 Å². The highest BCUT2D eigenvalue weighted by atomic mass is 35.5. The average molecular weight is 346 g/mol. The Kier molecular flexibility index (Phi) is 7.60. The highest BCUT2D eigenvalue weighted by Gasteiger charge is 2.49. The van der Waals surface area contributed by atoms with Crippen molar-refractivity contribution in [2.75, 3.05) is 19.6 Å². The quantitative estimate of drug-likeness (QED) is 0.880. The molecule has 4 nitrogen and oxygen atoms in total. The molecule has 22 heavy (non-hydrogen) atoms. The van der Waals surface area contributed by atoms with Crippen LogP contribution in [0.3, 0.4) is 0 Å². The predicted molar refractivity (Wildman–Crippen MR) is 92.7 cm³/mol. The number of nitrogens with one attached hydrogen (secondary N) is 2. The number of carbonyl (C=O) groups is 1. The topological polar surface area (TPSA) is 54.0 Å². The Balaban J connectivity index is 0.00000121. The molecule has 0 bridgehead atoms. The summed E-state index contributed by atoms with van der Waals surface area (Å²) < 4.78 is 0. The number of halogens is 2. The van der Waals surface area contributed by atoms with Gasteiger partial charge in [-0.3, -0.25) is 9.78 Å². The standard InChI is InChI=1S/C16H23N3O.2ClH/c20-15(19-10-7-14-6-2-4-9-18-14)16-8-3-1-5-13(16)11-17-12-16;;/h2,4,6,9,13,17H,1,3,5,7-8,10-12H2,(H,19,20);2*1H/t13-,16+;;/m0../s1. The van der Waals surface area contributed by atoms with Crippen molar-refractivity contribution in [2.45, 2.75) is 32.1 Å². The maximum absolute atomic E-state index is 12.6. The normalized spacial score (nSPS) is 26.3. The second kappa shape index (κ2) is 8.70.